The minimum Gasteiger partial charge on any atom is -0.339 e. The molecule has 19 heavy (non-hydrogen) atoms. The summed E-state index contributed by atoms with van der Waals surface area (Å²) in [7, 11) is 1.98. The molecule has 0 radical (unpaired) electrons. The number of hydrogen-bond acceptors (Lipinski definition) is 3. The average molecular weight is 261 g/mol. The van der Waals surface area contributed by atoms with Crippen LogP contribution in [0.1, 0.15) is 12.5 Å². The van der Waals surface area contributed by atoms with Crippen molar-refractivity contribution < 1.29 is 4.79 Å². The van der Waals surface area contributed by atoms with Gasteiger partial charge in [-0.05, 0) is 26.0 Å². The van der Waals surface area contributed by atoms with Crippen LogP contribution in [0, 0.1) is 0 Å². The summed E-state index contributed by atoms with van der Waals surface area (Å²) in [5.74, 6) is 0.166. The monoisotopic (exact) mass is 261 g/mol. The van der Waals surface area contributed by atoms with Crippen LogP contribution < -0.4 is 5.73 Å². The van der Waals surface area contributed by atoms with Crippen LogP contribution in [0.2, 0.25) is 0 Å². The van der Waals surface area contributed by atoms with Crippen molar-refractivity contribution in [1.82, 2.24) is 9.80 Å². The summed E-state index contributed by atoms with van der Waals surface area (Å²) in [4.78, 5) is 16.4. The Bertz CT molecular complexity index is 421. The Morgan fingerprint density at radius 2 is 2.00 bits per heavy atom. The fourth-order valence-electron chi connectivity index (χ4n) is 2.61. The van der Waals surface area contributed by atoms with Gasteiger partial charge in [-0.1, -0.05) is 30.3 Å². The molecule has 2 rings (SSSR count). The maximum atomic E-state index is 12.3. The highest BCUT2D eigenvalue weighted by Crippen LogP contribution is 2.15. The van der Waals surface area contributed by atoms with Crippen molar-refractivity contribution >= 4 is 5.91 Å². The Morgan fingerprint density at radius 1 is 1.32 bits per heavy atom. The molecule has 0 saturated carbocycles. The quantitative estimate of drug-likeness (QED) is 0.869. The fourth-order valence-corrected chi connectivity index (χ4v) is 2.61. The van der Waals surface area contributed by atoms with Gasteiger partial charge in [0.15, 0.2) is 0 Å². The second-order valence-electron chi connectivity index (χ2n) is 5.29. The molecule has 1 aromatic carbocycles. The summed E-state index contributed by atoms with van der Waals surface area (Å²) in [6.45, 7) is 4.10. The van der Waals surface area contributed by atoms with Gasteiger partial charge in [-0.15, -0.1) is 0 Å². The molecular formula is C15H23N3O. The molecule has 1 aliphatic rings. The Kier molecular flexibility index (Phi) is 4.56. The first-order chi connectivity index (χ1) is 9.13. The largest absolute Gasteiger partial charge is 0.339 e. The van der Waals surface area contributed by atoms with Gasteiger partial charge in [-0.3, -0.25) is 9.69 Å². The van der Waals surface area contributed by atoms with E-state index in [1.807, 2.05) is 30.1 Å². The Labute approximate surface area is 115 Å². The third kappa shape index (κ3) is 3.14. The predicted molar refractivity (Wildman–Crippen MR) is 76.8 cm³/mol. The molecule has 0 aliphatic carbocycles. The molecule has 4 nitrogen and oxygen atoms in total. The van der Waals surface area contributed by atoms with Crippen molar-refractivity contribution in [3.63, 3.8) is 0 Å². The van der Waals surface area contributed by atoms with Crippen LogP contribution in [0.5, 0.6) is 0 Å². The molecule has 1 aliphatic heterocycles. The van der Waals surface area contributed by atoms with E-state index in [-0.39, 0.29) is 11.9 Å². The van der Waals surface area contributed by atoms with Gasteiger partial charge in [0, 0.05) is 25.7 Å². The third-order valence-electron chi connectivity index (χ3n) is 4.00. The summed E-state index contributed by atoms with van der Waals surface area (Å²) in [6.07, 6.45) is 0.903. The Hall–Kier alpha value is -1.39. The van der Waals surface area contributed by atoms with E-state index >= 15 is 0 Å². The van der Waals surface area contributed by atoms with Crippen molar-refractivity contribution in [2.24, 2.45) is 5.73 Å². The second-order valence-corrected chi connectivity index (χ2v) is 5.29. The molecule has 2 N–H and O–H groups in total. The lowest BCUT2D eigenvalue weighted by Gasteiger charge is -2.42. The van der Waals surface area contributed by atoms with Crippen molar-refractivity contribution in [2.45, 2.75) is 25.4 Å². The lowest BCUT2D eigenvalue weighted by atomic mass is 10.1. The molecule has 1 aromatic rings. The molecule has 0 spiro atoms. The van der Waals surface area contributed by atoms with Crippen LogP contribution in [-0.2, 0) is 11.2 Å². The molecule has 0 bridgehead atoms. The number of carbonyl (C=O) groups is 1. The van der Waals surface area contributed by atoms with Gasteiger partial charge in [-0.2, -0.15) is 0 Å². The molecule has 0 aromatic heterocycles. The van der Waals surface area contributed by atoms with Gasteiger partial charge in [0.1, 0.15) is 6.04 Å². The van der Waals surface area contributed by atoms with E-state index in [4.69, 9.17) is 5.73 Å². The summed E-state index contributed by atoms with van der Waals surface area (Å²) in [5.41, 5.74) is 7.00. The van der Waals surface area contributed by atoms with Gasteiger partial charge in [-0.25, -0.2) is 0 Å². The first-order valence-corrected chi connectivity index (χ1v) is 6.88. The van der Waals surface area contributed by atoms with Crippen LogP contribution in [0.3, 0.4) is 0 Å². The molecule has 1 amide bonds. The minimum absolute atomic E-state index is 0.166. The van der Waals surface area contributed by atoms with E-state index in [0.717, 1.165) is 19.5 Å². The maximum absolute atomic E-state index is 12.3. The smallest absolute Gasteiger partial charge is 0.241 e. The van der Waals surface area contributed by atoms with E-state index in [2.05, 4.69) is 24.0 Å². The molecule has 1 heterocycles. The number of nitrogens with two attached hydrogens (primary N) is 1. The van der Waals surface area contributed by atoms with E-state index in [1.165, 1.54) is 5.56 Å². The predicted octanol–water partition coefficient (Wildman–Crippen LogP) is 0.719. The van der Waals surface area contributed by atoms with Crippen molar-refractivity contribution in [3.05, 3.63) is 35.9 Å². The highest BCUT2D eigenvalue weighted by molar-refractivity contribution is 5.83. The van der Waals surface area contributed by atoms with Crippen LogP contribution in [-0.4, -0.2) is 54.5 Å². The first kappa shape index (κ1) is 14.0. The third-order valence-corrected chi connectivity index (χ3v) is 4.00. The summed E-state index contributed by atoms with van der Waals surface area (Å²) in [5, 5.41) is 0. The normalized spacial score (nSPS) is 24.8. The molecule has 4 heteroatoms. The van der Waals surface area contributed by atoms with E-state index < -0.39 is 0 Å². The summed E-state index contributed by atoms with van der Waals surface area (Å²) < 4.78 is 0. The fraction of sp³-hybridized carbons (Fsp3) is 0.533. The molecule has 104 valence electrons. The number of amides is 1. The number of nitrogens with zero attached hydrogens (tertiary/aromatic N) is 2. The number of rotatable bonds is 4. The van der Waals surface area contributed by atoms with Crippen LogP contribution in [0.25, 0.3) is 0 Å². The number of hydrogen-bond donors (Lipinski definition) is 1. The number of carbonyl (C=O) groups excluding carboxylic acids is 1. The van der Waals surface area contributed by atoms with Gasteiger partial charge in [0.05, 0.1) is 0 Å². The maximum Gasteiger partial charge on any atom is 0.241 e. The Morgan fingerprint density at radius 3 is 2.63 bits per heavy atom. The first-order valence-electron chi connectivity index (χ1n) is 6.88. The van der Waals surface area contributed by atoms with E-state index in [0.29, 0.717) is 12.6 Å². The number of benzene rings is 1. The van der Waals surface area contributed by atoms with Crippen molar-refractivity contribution in [2.75, 3.05) is 26.7 Å². The van der Waals surface area contributed by atoms with Gasteiger partial charge in [0.2, 0.25) is 5.91 Å². The highest BCUT2D eigenvalue weighted by Gasteiger charge is 2.35. The van der Waals surface area contributed by atoms with Crippen molar-refractivity contribution in [3.8, 4) is 0 Å². The standard InChI is InChI=1S/C15H23N3O/c1-12-11-18(15(19)14(10-16)17(12)2)9-8-13-6-4-3-5-7-13/h3-7,12,14H,8-11,16H2,1-2H3. The molecule has 1 saturated heterocycles. The van der Waals surface area contributed by atoms with Crippen LogP contribution in [0.4, 0.5) is 0 Å². The van der Waals surface area contributed by atoms with Crippen LogP contribution in [0.15, 0.2) is 30.3 Å². The van der Waals surface area contributed by atoms with Gasteiger partial charge in [0.25, 0.3) is 0 Å². The van der Waals surface area contributed by atoms with E-state index in [1.54, 1.807) is 0 Å². The van der Waals surface area contributed by atoms with Crippen LogP contribution >= 0.6 is 0 Å². The zero-order chi connectivity index (χ0) is 13.8. The van der Waals surface area contributed by atoms with Gasteiger partial charge < -0.3 is 10.6 Å². The summed E-state index contributed by atoms with van der Waals surface area (Å²) >= 11 is 0. The van der Waals surface area contributed by atoms with Gasteiger partial charge >= 0.3 is 0 Å². The summed E-state index contributed by atoms with van der Waals surface area (Å²) in [6, 6.07) is 10.5. The lowest BCUT2D eigenvalue weighted by molar-refractivity contribution is -0.142. The zero-order valence-electron chi connectivity index (χ0n) is 11.7. The molecule has 2 unspecified atom stereocenters. The molecule has 1 fully saturated rings. The molecule has 2 atom stereocenters. The average Bonchev–Trinajstić information content (AvgIpc) is 2.43. The highest BCUT2D eigenvalue weighted by atomic mass is 16.2. The minimum atomic E-state index is -0.167. The Balaban J connectivity index is 1.98. The lowest BCUT2D eigenvalue weighted by Crippen LogP contribution is -2.62. The topological polar surface area (TPSA) is 49.6 Å². The number of likely N-dealkylation sites (N-methyl/N-ethyl adjacent to an activating group) is 1. The van der Waals surface area contributed by atoms with Crippen molar-refractivity contribution in [1.29, 1.82) is 0 Å². The molecular weight excluding hydrogens is 238 g/mol. The van der Waals surface area contributed by atoms with E-state index in [9.17, 15) is 4.79 Å². The SMILES string of the molecule is CC1CN(CCc2ccccc2)C(=O)C(CN)N1C. The zero-order valence-corrected chi connectivity index (χ0v) is 11.7. The number of piperazine rings is 1. The second kappa shape index (κ2) is 6.17.